The maximum Gasteiger partial charge on any atom is 0.410 e. The fourth-order valence-corrected chi connectivity index (χ4v) is 3.21. The molecule has 1 aromatic rings. The second-order valence-electron chi connectivity index (χ2n) is 8.02. The summed E-state index contributed by atoms with van der Waals surface area (Å²) in [6.07, 6.45) is 2.68. The molecule has 1 aliphatic heterocycles. The van der Waals surface area contributed by atoms with Gasteiger partial charge in [0.1, 0.15) is 5.60 Å². The monoisotopic (exact) mass is 336 g/mol. The number of hydrogen-bond acceptors (Lipinski definition) is 4. The lowest BCUT2D eigenvalue weighted by Crippen LogP contribution is -2.39. The molecule has 24 heavy (non-hydrogen) atoms. The summed E-state index contributed by atoms with van der Waals surface area (Å²) in [5, 5.41) is 8.12. The van der Waals surface area contributed by atoms with Crippen LogP contribution in [0.2, 0.25) is 0 Å². The van der Waals surface area contributed by atoms with Crippen LogP contribution in [0.1, 0.15) is 71.3 Å². The Balaban J connectivity index is 1.92. The van der Waals surface area contributed by atoms with Gasteiger partial charge >= 0.3 is 6.09 Å². The Kier molecular flexibility index (Phi) is 5.58. The molecule has 136 valence electrons. The molecular formula is C18H32N4O2. The normalized spacial score (nSPS) is 19.8. The first-order valence-electron chi connectivity index (χ1n) is 8.86. The van der Waals surface area contributed by atoms with E-state index in [1.165, 1.54) is 11.3 Å². The second-order valence-corrected chi connectivity index (χ2v) is 8.02. The van der Waals surface area contributed by atoms with Crippen LogP contribution >= 0.6 is 0 Å². The van der Waals surface area contributed by atoms with Crippen molar-refractivity contribution < 1.29 is 9.53 Å². The van der Waals surface area contributed by atoms with Gasteiger partial charge in [-0.1, -0.05) is 0 Å². The predicted octanol–water partition coefficient (Wildman–Crippen LogP) is 3.43. The van der Waals surface area contributed by atoms with Crippen LogP contribution in [0.25, 0.3) is 0 Å². The third kappa shape index (κ3) is 4.50. The number of rotatable bonds is 4. The van der Waals surface area contributed by atoms with Gasteiger partial charge < -0.3 is 15.0 Å². The quantitative estimate of drug-likeness (QED) is 0.915. The first kappa shape index (κ1) is 18.8. The van der Waals surface area contributed by atoms with E-state index in [1.54, 1.807) is 4.90 Å². The highest BCUT2D eigenvalue weighted by Crippen LogP contribution is 2.22. The Labute approximate surface area is 145 Å². The summed E-state index contributed by atoms with van der Waals surface area (Å²) in [6.45, 7) is 15.7. The molecule has 1 saturated heterocycles. The number of nitrogens with zero attached hydrogens (tertiary/aromatic N) is 3. The smallest absolute Gasteiger partial charge is 0.410 e. The lowest BCUT2D eigenvalue weighted by Gasteiger charge is -2.25. The molecule has 0 spiro atoms. The van der Waals surface area contributed by atoms with Gasteiger partial charge in [0, 0.05) is 42.5 Å². The first-order valence-corrected chi connectivity index (χ1v) is 8.86. The molecule has 1 aliphatic rings. The minimum Gasteiger partial charge on any atom is -0.444 e. The second kappa shape index (κ2) is 7.13. The number of ether oxygens (including phenoxy) is 1. The Bertz CT molecular complexity index is 574. The zero-order chi connectivity index (χ0) is 18.1. The summed E-state index contributed by atoms with van der Waals surface area (Å²) < 4.78 is 7.51. The van der Waals surface area contributed by atoms with Crippen molar-refractivity contribution >= 4 is 6.09 Å². The Hall–Kier alpha value is -1.56. The molecule has 6 nitrogen and oxygen atoms in total. The number of hydrogen-bond donors (Lipinski definition) is 1. The van der Waals surface area contributed by atoms with Crippen LogP contribution in [0, 0.1) is 6.92 Å². The summed E-state index contributed by atoms with van der Waals surface area (Å²) in [4.78, 5) is 13.9. The van der Waals surface area contributed by atoms with Gasteiger partial charge in [0.2, 0.25) is 0 Å². The zero-order valence-electron chi connectivity index (χ0n) is 16.1. The van der Waals surface area contributed by atoms with Crippen molar-refractivity contribution in [1.82, 2.24) is 20.0 Å². The SMILES string of the molecule is Cc1c(C(C)NC2CCN(C(=O)OC(C)(C)C)C2)cnn1C(C)C. The maximum atomic E-state index is 12.2. The number of carbonyl (C=O) groups is 1. The molecule has 2 atom stereocenters. The zero-order valence-corrected chi connectivity index (χ0v) is 16.1. The van der Waals surface area contributed by atoms with E-state index >= 15 is 0 Å². The maximum absolute atomic E-state index is 12.2. The third-order valence-corrected chi connectivity index (χ3v) is 4.36. The largest absolute Gasteiger partial charge is 0.444 e. The number of likely N-dealkylation sites (tertiary alicyclic amines) is 1. The van der Waals surface area contributed by atoms with E-state index in [-0.39, 0.29) is 18.2 Å². The number of carbonyl (C=O) groups excluding carboxylic acids is 1. The van der Waals surface area contributed by atoms with Crippen LogP contribution in [-0.2, 0) is 4.74 Å². The van der Waals surface area contributed by atoms with Gasteiger partial charge in [0.15, 0.2) is 0 Å². The molecule has 1 amide bonds. The van der Waals surface area contributed by atoms with E-state index in [4.69, 9.17) is 4.74 Å². The number of amides is 1. The molecule has 2 rings (SSSR count). The van der Waals surface area contributed by atoms with Crippen LogP contribution in [0.4, 0.5) is 4.79 Å². The van der Waals surface area contributed by atoms with Crippen molar-refractivity contribution in [3.05, 3.63) is 17.5 Å². The molecule has 1 fully saturated rings. The minimum atomic E-state index is -0.446. The van der Waals surface area contributed by atoms with Gasteiger partial charge in [-0.25, -0.2) is 4.79 Å². The molecule has 0 aromatic carbocycles. The van der Waals surface area contributed by atoms with Crippen molar-refractivity contribution in [2.24, 2.45) is 0 Å². The molecule has 1 aromatic heterocycles. The van der Waals surface area contributed by atoms with E-state index in [9.17, 15) is 4.79 Å². The van der Waals surface area contributed by atoms with E-state index in [1.807, 2.05) is 27.0 Å². The van der Waals surface area contributed by atoms with Crippen molar-refractivity contribution in [3.63, 3.8) is 0 Å². The Morgan fingerprint density at radius 2 is 2.04 bits per heavy atom. The fourth-order valence-electron chi connectivity index (χ4n) is 3.21. The topological polar surface area (TPSA) is 59.4 Å². The van der Waals surface area contributed by atoms with Crippen molar-refractivity contribution in [2.75, 3.05) is 13.1 Å². The summed E-state index contributed by atoms with van der Waals surface area (Å²) >= 11 is 0. The molecular weight excluding hydrogens is 304 g/mol. The van der Waals surface area contributed by atoms with E-state index in [2.05, 4.69) is 42.8 Å². The van der Waals surface area contributed by atoms with Crippen LogP contribution in [-0.4, -0.2) is 45.5 Å². The summed E-state index contributed by atoms with van der Waals surface area (Å²) in [5.41, 5.74) is 1.98. The first-order chi connectivity index (χ1) is 11.1. The lowest BCUT2D eigenvalue weighted by molar-refractivity contribution is 0.0290. The summed E-state index contributed by atoms with van der Waals surface area (Å²) in [7, 11) is 0. The molecule has 0 saturated carbocycles. The highest BCUT2D eigenvalue weighted by atomic mass is 16.6. The van der Waals surface area contributed by atoms with E-state index < -0.39 is 5.60 Å². The van der Waals surface area contributed by atoms with Crippen molar-refractivity contribution in [3.8, 4) is 0 Å². The summed E-state index contributed by atoms with van der Waals surface area (Å²) in [5.74, 6) is 0. The Morgan fingerprint density at radius 1 is 1.38 bits per heavy atom. The summed E-state index contributed by atoms with van der Waals surface area (Å²) in [6, 6.07) is 0.857. The molecule has 6 heteroatoms. The van der Waals surface area contributed by atoms with Gasteiger partial charge in [-0.05, 0) is 54.9 Å². The standard InChI is InChI=1S/C18H32N4O2/c1-12(2)22-14(4)16(10-19-22)13(3)20-15-8-9-21(11-15)17(23)24-18(5,6)7/h10,12-13,15,20H,8-9,11H2,1-7H3. The van der Waals surface area contributed by atoms with Crippen LogP contribution < -0.4 is 5.32 Å². The average Bonchev–Trinajstić information content (AvgIpc) is 3.03. The van der Waals surface area contributed by atoms with Crippen molar-refractivity contribution in [2.45, 2.75) is 78.6 Å². The van der Waals surface area contributed by atoms with Gasteiger partial charge in [-0.3, -0.25) is 4.68 Å². The van der Waals surface area contributed by atoms with Gasteiger partial charge in [0.05, 0.1) is 6.20 Å². The highest BCUT2D eigenvalue weighted by molar-refractivity contribution is 5.68. The number of nitrogens with one attached hydrogen (secondary N) is 1. The fraction of sp³-hybridized carbons (Fsp3) is 0.778. The van der Waals surface area contributed by atoms with E-state index in [0.29, 0.717) is 12.6 Å². The molecule has 0 aliphatic carbocycles. The molecule has 1 N–H and O–H groups in total. The molecule has 0 radical (unpaired) electrons. The van der Waals surface area contributed by atoms with Crippen LogP contribution in [0.15, 0.2) is 6.20 Å². The van der Waals surface area contributed by atoms with Crippen LogP contribution in [0.5, 0.6) is 0 Å². The average molecular weight is 336 g/mol. The van der Waals surface area contributed by atoms with Gasteiger partial charge in [-0.15, -0.1) is 0 Å². The molecule has 2 heterocycles. The van der Waals surface area contributed by atoms with Gasteiger partial charge in [0.25, 0.3) is 0 Å². The lowest BCUT2D eigenvalue weighted by atomic mass is 10.1. The Morgan fingerprint density at radius 3 is 2.58 bits per heavy atom. The minimum absolute atomic E-state index is 0.209. The van der Waals surface area contributed by atoms with Crippen LogP contribution in [0.3, 0.4) is 0 Å². The highest BCUT2D eigenvalue weighted by Gasteiger charge is 2.30. The third-order valence-electron chi connectivity index (χ3n) is 4.36. The molecule has 0 bridgehead atoms. The van der Waals surface area contributed by atoms with E-state index in [0.717, 1.165) is 13.0 Å². The number of aromatic nitrogens is 2. The van der Waals surface area contributed by atoms with Crippen molar-refractivity contribution in [1.29, 1.82) is 0 Å². The van der Waals surface area contributed by atoms with Gasteiger partial charge in [-0.2, -0.15) is 5.10 Å². The predicted molar refractivity (Wildman–Crippen MR) is 95.1 cm³/mol. The molecule has 2 unspecified atom stereocenters.